The molecule has 2 aromatic carbocycles. The van der Waals surface area contributed by atoms with E-state index in [9.17, 15) is 13.6 Å². The highest BCUT2D eigenvalue weighted by molar-refractivity contribution is 5.92. The molecule has 0 spiro atoms. The maximum absolute atomic E-state index is 12.3. The third-order valence-corrected chi connectivity index (χ3v) is 3.18. The molecule has 0 bridgehead atoms. The van der Waals surface area contributed by atoms with Crippen molar-refractivity contribution in [1.82, 2.24) is 0 Å². The Bertz CT molecular complexity index is 645. The van der Waals surface area contributed by atoms with Crippen LogP contribution in [0.2, 0.25) is 0 Å². The fraction of sp³-hybridized carbons (Fsp3) is 0.235. The molecule has 0 aliphatic carbocycles. The molecule has 0 heterocycles. The van der Waals surface area contributed by atoms with Crippen molar-refractivity contribution in [2.24, 2.45) is 0 Å². The average Bonchev–Trinajstić information content (AvgIpc) is 2.55. The van der Waals surface area contributed by atoms with Crippen LogP contribution in [0, 0.1) is 0 Å². The summed E-state index contributed by atoms with van der Waals surface area (Å²) in [6.45, 7) is -2.94. The Kier molecular flexibility index (Phi) is 5.91. The normalized spacial score (nSPS) is 10.4. The quantitative estimate of drug-likeness (QED) is 0.842. The molecule has 1 N–H and O–H groups in total. The maximum atomic E-state index is 12.3. The number of carbonyl (C=O) groups is 1. The molecule has 0 aliphatic rings. The van der Waals surface area contributed by atoms with E-state index >= 15 is 0 Å². The Morgan fingerprint density at radius 2 is 1.83 bits per heavy atom. The third kappa shape index (κ3) is 5.25. The van der Waals surface area contributed by atoms with Gasteiger partial charge in [-0.1, -0.05) is 24.3 Å². The van der Waals surface area contributed by atoms with Gasteiger partial charge in [0, 0.05) is 6.42 Å². The molecule has 2 aromatic rings. The first-order valence-corrected chi connectivity index (χ1v) is 7.05. The number of anilines is 1. The molecule has 0 atom stereocenters. The van der Waals surface area contributed by atoms with Gasteiger partial charge < -0.3 is 14.8 Å². The zero-order chi connectivity index (χ0) is 16.7. The van der Waals surface area contributed by atoms with Crippen molar-refractivity contribution in [2.75, 3.05) is 12.4 Å². The van der Waals surface area contributed by atoms with Crippen LogP contribution in [-0.2, 0) is 11.2 Å². The molecule has 2 rings (SSSR count). The number of carbonyl (C=O) groups excluding carboxylic acids is 1. The van der Waals surface area contributed by atoms with Crippen molar-refractivity contribution >= 4 is 11.6 Å². The molecule has 0 saturated heterocycles. The molecule has 4 nitrogen and oxygen atoms in total. The summed E-state index contributed by atoms with van der Waals surface area (Å²) in [6.07, 6.45) is 0.767. The Morgan fingerprint density at radius 1 is 1.13 bits per heavy atom. The van der Waals surface area contributed by atoms with Crippen LogP contribution in [0.3, 0.4) is 0 Å². The summed E-state index contributed by atoms with van der Waals surface area (Å²) < 4.78 is 34.1. The van der Waals surface area contributed by atoms with E-state index in [0.29, 0.717) is 6.42 Å². The molecule has 1 amide bonds. The second-order valence-electron chi connectivity index (χ2n) is 4.77. The number of alkyl halides is 2. The van der Waals surface area contributed by atoms with Crippen LogP contribution >= 0.6 is 0 Å². The van der Waals surface area contributed by atoms with Gasteiger partial charge in [0.2, 0.25) is 5.91 Å². The molecule has 0 radical (unpaired) electrons. The van der Waals surface area contributed by atoms with Crippen molar-refractivity contribution in [2.45, 2.75) is 19.5 Å². The van der Waals surface area contributed by atoms with Gasteiger partial charge in [0.15, 0.2) is 0 Å². The first-order chi connectivity index (χ1) is 11.1. The van der Waals surface area contributed by atoms with Crippen molar-refractivity contribution in [3.05, 3.63) is 54.1 Å². The van der Waals surface area contributed by atoms with Gasteiger partial charge in [0.1, 0.15) is 11.5 Å². The number of ether oxygens (including phenoxy) is 2. The number of aryl methyl sites for hydroxylation is 1. The van der Waals surface area contributed by atoms with Gasteiger partial charge >= 0.3 is 6.61 Å². The lowest BCUT2D eigenvalue weighted by atomic mass is 10.1. The number of nitrogens with one attached hydrogen (secondary N) is 1. The Morgan fingerprint density at radius 3 is 2.48 bits per heavy atom. The number of methoxy groups -OCH3 is 1. The first-order valence-electron chi connectivity index (χ1n) is 7.05. The zero-order valence-corrected chi connectivity index (χ0v) is 12.6. The minimum Gasteiger partial charge on any atom is -0.497 e. The highest BCUT2D eigenvalue weighted by atomic mass is 19.3. The summed E-state index contributed by atoms with van der Waals surface area (Å²) in [5, 5.41) is 2.59. The monoisotopic (exact) mass is 321 g/mol. The number of rotatable bonds is 7. The SMILES string of the molecule is COc1ccc(CCC(=O)Nc2ccccc2OC(F)F)cc1. The van der Waals surface area contributed by atoms with Crippen molar-refractivity contribution < 1.29 is 23.0 Å². The number of amides is 1. The van der Waals surface area contributed by atoms with Crippen LogP contribution in [0.25, 0.3) is 0 Å². The van der Waals surface area contributed by atoms with E-state index < -0.39 is 6.61 Å². The van der Waals surface area contributed by atoms with Gasteiger partial charge in [-0.3, -0.25) is 4.79 Å². The lowest BCUT2D eigenvalue weighted by Crippen LogP contribution is -2.14. The van der Waals surface area contributed by atoms with E-state index in [-0.39, 0.29) is 23.8 Å². The summed E-state index contributed by atoms with van der Waals surface area (Å²) in [5.41, 5.74) is 1.21. The highest BCUT2D eigenvalue weighted by Crippen LogP contribution is 2.25. The third-order valence-electron chi connectivity index (χ3n) is 3.18. The predicted molar refractivity (Wildman–Crippen MR) is 83.0 cm³/mol. The van der Waals surface area contributed by atoms with Gasteiger partial charge in [-0.15, -0.1) is 0 Å². The maximum Gasteiger partial charge on any atom is 0.387 e. The number of benzene rings is 2. The van der Waals surface area contributed by atoms with Crippen LogP contribution in [-0.4, -0.2) is 19.6 Å². The average molecular weight is 321 g/mol. The predicted octanol–water partition coefficient (Wildman–Crippen LogP) is 3.87. The van der Waals surface area contributed by atoms with Crippen molar-refractivity contribution in [3.8, 4) is 11.5 Å². The van der Waals surface area contributed by atoms with Crippen molar-refractivity contribution in [3.63, 3.8) is 0 Å². The van der Waals surface area contributed by atoms with Crippen LogP contribution < -0.4 is 14.8 Å². The zero-order valence-electron chi connectivity index (χ0n) is 12.6. The van der Waals surface area contributed by atoms with Gasteiger partial charge in [-0.2, -0.15) is 8.78 Å². The largest absolute Gasteiger partial charge is 0.497 e. The van der Waals surface area contributed by atoms with Crippen LogP contribution in [0.1, 0.15) is 12.0 Å². The van der Waals surface area contributed by atoms with E-state index in [1.165, 1.54) is 12.1 Å². The van der Waals surface area contributed by atoms with E-state index in [0.717, 1.165) is 11.3 Å². The van der Waals surface area contributed by atoms with Crippen molar-refractivity contribution in [1.29, 1.82) is 0 Å². The van der Waals surface area contributed by atoms with Crippen LogP contribution in [0.15, 0.2) is 48.5 Å². The number of para-hydroxylation sites is 2. The second kappa shape index (κ2) is 8.12. The minimum absolute atomic E-state index is 0.0553. The fourth-order valence-electron chi connectivity index (χ4n) is 2.03. The molecule has 0 aliphatic heterocycles. The summed E-state index contributed by atoms with van der Waals surface area (Å²) >= 11 is 0. The molecule has 122 valence electrons. The first kappa shape index (κ1) is 16.7. The summed E-state index contributed by atoms with van der Waals surface area (Å²) in [6, 6.07) is 13.5. The van der Waals surface area contributed by atoms with E-state index in [1.807, 2.05) is 24.3 Å². The lowest BCUT2D eigenvalue weighted by Gasteiger charge is -2.11. The molecular weight excluding hydrogens is 304 g/mol. The Labute approximate surface area is 133 Å². The summed E-state index contributed by atoms with van der Waals surface area (Å²) in [7, 11) is 1.58. The van der Waals surface area contributed by atoms with Gasteiger partial charge in [0.25, 0.3) is 0 Å². The van der Waals surface area contributed by atoms with E-state index in [2.05, 4.69) is 10.1 Å². The molecule has 23 heavy (non-hydrogen) atoms. The minimum atomic E-state index is -2.94. The van der Waals surface area contributed by atoms with Crippen LogP contribution in [0.4, 0.5) is 14.5 Å². The standard InChI is InChI=1S/C17H17F2NO3/c1-22-13-9-6-12(7-10-13)8-11-16(21)20-14-4-2-3-5-15(14)23-17(18)19/h2-7,9-10,17H,8,11H2,1H3,(H,20,21). The topological polar surface area (TPSA) is 47.6 Å². The molecule has 0 aromatic heterocycles. The van der Waals surface area contributed by atoms with Crippen LogP contribution in [0.5, 0.6) is 11.5 Å². The fourth-order valence-corrected chi connectivity index (χ4v) is 2.03. The van der Waals surface area contributed by atoms with Gasteiger partial charge in [-0.25, -0.2) is 0 Å². The molecule has 0 saturated carbocycles. The highest BCUT2D eigenvalue weighted by Gasteiger charge is 2.11. The summed E-state index contributed by atoms with van der Waals surface area (Å²) in [5.74, 6) is 0.419. The second-order valence-corrected chi connectivity index (χ2v) is 4.77. The number of halogens is 2. The lowest BCUT2D eigenvalue weighted by molar-refractivity contribution is -0.116. The Balaban J connectivity index is 1.91. The molecular formula is C17H17F2NO3. The number of hydrogen-bond donors (Lipinski definition) is 1. The van der Waals surface area contributed by atoms with E-state index in [1.54, 1.807) is 19.2 Å². The summed E-state index contributed by atoms with van der Waals surface area (Å²) in [4.78, 5) is 12.0. The number of hydrogen-bond acceptors (Lipinski definition) is 3. The smallest absolute Gasteiger partial charge is 0.387 e. The molecule has 0 fully saturated rings. The molecule has 0 unspecified atom stereocenters. The molecule has 6 heteroatoms. The van der Waals surface area contributed by atoms with Gasteiger partial charge in [-0.05, 0) is 36.2 Å². The Hall–Kier alpha value is -2.63. The van der Waals surface area contributed by atoms with E-state index in [4.69, 9.17) is 4.74 Å². The van der Waals surface area contributed by atoms with Gasteiger partial charge in [0.05, 0.1) is 12.8 Å².